The van der Waals surface area contributed by atoms with Gasteiger partial charge in [0, 0.05) is 12.3 Å². The van der Waals surface area contributed by atoms with Gasteiger partial charge in [0.05, 0.1) is 30.1 Å². The molecule has 2 heterocycles. The van der Waals surface area contributed by atoms with Crippen LogP contribution >= 0.6 is 11.6 Å². The van der Waals surface area contributed by atoms with E-state index < -0.39 is 0 Å². The van der Waals surface area contributed by atoms with E-state index in [-0.39, 0.29) is 5.97 Å². The average molecular weight is 308 g/mol. The Hall–Kier alpha value is -1.62. The monoisotopic (exact) mass is 307 g/mol. The summed E-state index contributed by atoms with van der Waals surface area (Å²) in [6.45, 7) is 2.23. The molecule has 0 radical (unpaired) electrons. The lowest BCUT2D eigenvalue weighted by Gasteiger charge is -2.06. The van der Waals surface area contributed by atoms with Crippen LogP contribution in [0.15, 0.2) is 12.3 Å². The number of nitrogens with zero attached hydrogens (tertiary/aromatic N) is 3. The summed E-state index contributed by atoms with van der Waals surface area (Å²) in [5.74, 6) is 0.738. The average Bonchev–Trinajstić information content (AvgIpc) is 3.24. The van der Waals surface area contributed by atoms with Crippen molar-refractivity contribution in [3.05, 3.63) is 29.2 Å². The maximum atomic E-state index is 11.6. The summed E-state index contributed by atoms with van der Waals surface area (Å²) in [5, 5.41) is 4.61. The summed E-state index contributed by atoms with van der Waals surface area (Å²) in [7, 11) is 0. The SMILES string of the molecule is CCOC(=O)CCc1cc(C2CC2)nn2cc(CCl)nc12. The highest BCUT2D eigenvalue weighted by Crippen LogP contribution is 2.39. The Labute approximate surface area is 128 Å². The van der Waals surface area contributed by atoms with Gasteiger partial charge in [-0.3, -0.25) is 4.79 Å². The Morgan fingerprint density at radius 1 is 1.52 bits per heavy atom. The van der Waals surface area contributed by atoms with Gasteiger partial charge in [-0.25, -0.2) is 9.50 Å². The number of ether oxygens (including phenoxy) is 1. The van der Waals surface area contributed by atoms with Crippen molar-refractivity contribution in [3.8, 4) is 0 Å². The molecule has 0 saturated heterocycles. The largest absolute Gasteiger partial charge is 0.466 e. The smallest absolute Gasteiger partial charge is 0.306 e. The van der Waals surface area contributed by atoms with Crippen molar-refractivity contribution < 1.29 is 9.53 Å². The van der Waals surface area contributed by atoms with Crippen LogP contribution in [0.25, 0.3) is 5.65 Å². The maximum Gasteiger partial charge on any atom is 0.306 e. The van der Waals surface area contributed by atoms with Gasteiger partial charge in [-0.1, -0.05) is 0 Å². The number of rotatable bonds is 6. The molecule has 1 saturated carbocycles. The lowest BCUT2D eigenvalue weighted by atomic mass is 10.1. The summed E-state index contributed by atoms with van der Waals surface area (Å²) >= 11 is 5.86. The molecule has 5 nitrogen and oxygen atoms in total. The molecule has 0 atom stereocenters. The van der Waals surface area contributed by atoms with E-state index in [1.54, 1.807) is 4.52 Å². The number of aromatic nitrogens is 3. The van der Waals surface area contributed by atoms with Crippen LogP contribution in [-0.2, 0) is 21.8 Å². The Bertz CT molecular complexity index is 664. The summed E-state index contributed by atoms with van der Waals surface area (Å²) < 4.78 is 6.79. The van der Waals surface area contributed by atoms with Crippen LogP contribution < -0.4 is 0 Å². The molecule has 0 bridgehead atoms. The van der Waals surface area contributed by atoms with Gasteiger partial charge in [-0.15, -0.1) is 11.6 Å². The molecule has 21 heavy (non-hydrogen) atoms. The number of halogens is 1. The van der Waals surface area contributed by atoms with E-state index in [2.05, 4.69) is 16.1 Å². The topological polar surface area (TPSA) is 56.5 Å². The molecule has 0 aliphatic heterocycles. The van der Waals surface area contributed by atoms with Gasteiger partial charge < -0.3 is 4.74 Å². The second-order valence-corrected chi connectivity index (χ2v) is 5.58. The van der Waals surface area contributed by atoms with Crippen molar-refractivity contribution in [2.24, 2.45) is 0 Å². The van der Waals surface area contributed by atoms with Crippen LogP contribution in [0.5, 0.6) is 0 Å². The van der Waals surface area contributed by atoms with E-state index in [4.69, 9.17) is 16.3 Å². The number of hydrogen-bond donors (Lipinski definition) is 0. The number of hydrogen-bond acceptors (Lipinski definition) is 4. The Balaban J connectivity index is 1.90. The molecule has 2 aromatic heterocycles. The Morgan fingerprint density at radius 3 is 3.00 bits per heavy atom. The first-order valence-corrected chi connectivity index (χ1v) is 7.84. The van der Waals surface area contributed by atoms with Crippen LogP contribution in [0.3, 0.4) is 0 Å². The highest BCUT2D eigenvalue weighted by molar-refractivity contribution is 6.16. The van der Waals surface area contributed by atoms with Crippen LogP contribution in [0.1, 0.15) is 49.1 Å². The molecular weight excluding hydrogens is 290 g/mol. The lowest BCUT2D eigenvalue weighted by Crippen LogP contribution is -2.07. The maximum absolute atomic E-state index is 11.6. The molecule has 6 heteroatoms. The van der Waals surface area contributed by atoms with Crippen LogP contribution in [0.4, 0.5) is 0 Å². The van der Waals surface area contributed by atoms with E-state index in [1.165, 1.54) is 12.8 Å². The number of alkyl halides is 1. The van der Waals surface area contributed by atoms with Crippen molar-refractivity contribution in [1.29, 1.82) is 0 Å². The normalized spacial score (nSPS) is 14.6. The first kappa shape index (κ1) is 14.3. The van der Waals surface area contributed by atoms with E-state index in [1.807, 2.05) is 13.1 Å². The molecule has 1 aliphatic rings. The third-order valence-corrected chi connectivity index (χ3v) is 3.88. The highest BCUT2D eigenvalue weighted by Gasteiger charge is 2.26. The molecule has 0 aromatic carbocycles. The van der Waals surface area contributed by atoms with E-state index in [9.17, 15) is 4.79 Å². The standard InChI is InChI=1S/C15H18ClN3O2/c1-2-21-14(20)6-5-11-7-13(10-3-4-10)18-19-9-12(8-16)17-15(11)19/h7,9-10H,2-6,8H2,1H3. The third kappa shape index (κ3) is 3.18. The molecular formula is C15H18ClN3O2. The molecule has 3 rings (SSSR count). The number of aryl methyl sites for hydroxylation is 1. The van der Waals surface area contributed by atoms with Gasteiger partial charge in [0.25, 0.3) is 0 Å². The highest BCUT2D eigenvalue weighted by atomic mass is 35.5. The van der Waals surface area contributed by atoms with E-state index in [0.717, 1.165) is 22.6 Å². The van der Waals surface area contributed by atoms with Crippen molar-refractivity contribution in [3.63, 3.8) is 0 Å². The third-order valence-electron chi connectivity index (χ3n) is 3.61. The van der Waals surface area contributed by atoms with E-state index >= 15 is 0 Å². The van der Waals surface area contributed by atoms with Gasteiger partial charge in [-0.2, -0.15) is 5.10 Å². The summed E-state index contributed by atoms with van der Waals surface area (Å²) in [6.07, 6.45) is 5.21. The van der Waals surface area contributed by atoms with Crippen LogP contribution in [0, 0.1) is 0 Å². The number of carbonyl (C=O) groups is 1. The number of carbonyl (C=O) groups excluding carboxylic acids is 1. The molecule has 0 unspecified atom stereocenters. The molecule has 2 aromatic rings. The van der Waals surface area contributed by atoms with Crippen molar-refractivity contribution >= 4 is 23.2 Å². The lowest BCUT2D eigenvalue weighted by molar-refractivity contribution is -0.143. The van der Waals surface area contributed by atoms with Crippen molar-refractivity contribution in [1.82, 2.24) is 14.6 Å². The second kappa shape index (κ2) is 6.02. The molecule has 112 valence electrons. The van der Waals surface area contributed by atoms with Gasteiger partial charge in [0.2, 0.25) is 0 Å². The predicted octanol–water partition coefficient (Wildman–Crippen LogP) is 2.84. The van der Waals surface area contributed by atoms with Crippen molar-refractivity contribution in [2.75, 3.05) is 6.61 Å². The second-order valence-electron chi connectivity index (χ2n) is 5.31. The van der Waals surface area contributed by atoms with Gasteiger partial charge in [-0.05, 0) is 37.8 Å². The molecule has 0 spiro atoms. The fourth-order valence-corrected chi connectivity index (χ4v) is 2.54. The molecule has 0 amide bonds. The zero-order chi connectivity index (χ0) is 14.8. The molecule has 1 fully saturated rings. The Kier molecular flexibility index (Phi) is 4.10. The van der Waals surface area contributed by atoms with Gasteiger partial charge in [0.15, 0.2) is 5.65 Å². The fraction of sp³-hybridized carbons (Fsp3) is 0.533. The molecule has 1 aliphatic carbocycles. The number of esters is 1. The minimum Gasteiger partial charge on any atom is -0.466 e. The number of fused-ring (bicyclic) bond motifs is 1. The number of imidazole rings is 1. The fourth-order valence-electron chi connectivity index (χ4n) is 2.41. The van der Waals surface area contributed by atoms with Crippen LogP contribution in [-0.4, -0.2) is 27.2 Å². The first-order valence-electron chi connectivity index (χ1n) is 7.31. The van der Waals surface area contributed by atoms with E-state index in [0.29, 0.717) is 31.2 Å². The van der Waals surface area contributed by atoms with Crippen LogP contribution in [0.2, 0.25) is 0 Å². The zero-order valence-electron chi connectivity index (χ0n) is 12.0. The first-order chi connectivity index (χ1) is 10.2. The Morgan fingerprint density at radius 2 is 2.33 bits per heavy atom. The predicted molar refractivity (Wildman–Crippen MR) is 79.5 cm³/mol. The molecule has 0 N–H and O–H groups in total. The minimum absolute atomic E-state index is 0.176. The summed E-state index contributed by atoms with van der Waals surface area (Å²) in [6, 6.07) is 2.08. The summed E-state index contributed by atoms with van der Waals surface area (Å²) in [5.41, 5.74) is 3.71. The minimum atomic E-state index is -0.176. The zero-order valence-corrected chi connectivity index (χ0v) is 12.8. The van der Waals surface area contributed by atoms with Gasteiger partial charge >= 0.3 is 5.97 Å². The quantitative estimate of drug-likeness (QED) is 0.608. The summed E-state index contributed by atoms with van der Waals surface area (Å²) in [4.78, 5) is 16.1. The van der Waals surface area contributed by atoms with Crippen molar-refractivity contribution in [2.45, 2.75) is 44.4 Å². The van der Waals surface area contributed by atoms with Gasteiger partial charge in [0.1, 0.15) is 0 Å².